The van der Waals surface area contributed by atoms with E-state index in [4.69, 9.17) is 9.47 Å². The molecule has 0 amide bonds. The number of hydrogen-bond donors (Lipinski definition) is 0. The maximum Gasteiger partial charge on any atom is 0.336 e. The molecule has 0 saturated carbocycles. The second kappa shape index (κ2) is 6.51. The average Bonchev–Trinajstić information content (AvgIpc) is 2.53. The zero-order valence-electron chi connectivity index (χ0n) is 13.0. The van der Waals surface area contributed by atoms with Gasteiger partial charge in [-0.05, 0) is 26.0 Å². The van der Waals surface area contributed by atoms with Crippen LogP contribution in [0.25, 0.3) is 0 Å². The lowest BCUT2D eigenvalue weighted by atomic mass is 9.77. The zero-order valence-corrected chi connectivity index (χ0v) is 13.0. The van der Waals surface area contributed by atoms with E-state index in [1.807, 2.05) is 6.07 Å². The molecule has 0 aromatic carbocycles. The summed E-state index contributed by atoms with van der Waals surface area (Å²) in [7, 11) is 2.62. The fourth-order valence-corrected chi connectivity index (χ4v) is 2.72. The van der Waals surface area contributed by atoms with Gasteiger partial charge in [0.05, 0.1) is 25.7 Å². The van der Waals surface area contributed by atoms with Crippen LogP contribution in [0.1, 0.15) is 25.5 Å². The van der Waals surface area contributed by atoms with Gasteiger partial charge in [0, 0.05) is 23.3 Å². The minimum absolute atomic E-state index is 0.335. The van der Waals surface area contributed by atoms with Gasteiger partial charge < -0.3 is 9.47 Å². The summed E-state index contributed by atoms with van der Waals surface area (Å²) < 4.78 is 9.75. The highest BCUT2D eigenvalue weighted by molar-refractivity contribution is 6.06. The van der Waals surface area contributed by atoms with E-state index in [9.17, 15) is 9.59 Å². The zero-order chi connectivity index (χ0) is 16.3. The lowest BCUT2D eigenvalue weighted by Crippen LogP contribution is -2.36. The summed E-state index contributed by atoms with van der Waals surface area (Å²) >= 11 is 0. The monoisotopic (exact) mass is 302 g/mol. The normalized spacial score (nSPS) is 21.2. The van der Waals surface area contributed by atoms with Crippen molar-refractivity contribution in [1.29, 1.82) is 0 Å². The third-order valence-electron chi connectivity index (χ3n) is 3.70. The van der Waals surface area contributed by atoms with Crippen LogP contribution >= 0.6 is 0 Å². The molecule has 1 aromatic rings. The number of esters is 2. The van der Waals surface area contributed by atoms with Crippen LogP contribution in [0.3, 0.4) is 0 Å². The second-order valence-corrected chi connectivity index (χ2v) is 4.98. The van der Waals surface area contributed by atoms with E-state index < -0.39 is 23.8 Å². The predicted octanol–water partition coefficient (Wildman–Crippen LogP) is 1.88. The van der Waals surface area contributed by atoms with Crippen LogP contribution in [0.4, 0.5) is 0 Å². The van der Waals surface area contributed by atoms with Crippen molar-refractivity contribution in [2.45, 2.75) is 19.8 Å². The van der Waals surface area contributed by atoms with Crippen LogP contribution in [-0.4, -0.2) is 36.9 Å². The molecule has 6 heteroatoms. The molecule has 0 saturated heterocycles. The molecule has 22 heavy (non-hydrogen) atoms. The Morgan fingerprint density at radius 3 is 2.41 bits per heavy atom. The Morgan fingerprint density at radius 2 is 1.86 bits per heavy atom. The summed E-state index contributed by atoms with van der Waals surface area (Å²) in [4.78, 5) is 33.0. The quantitative estimate of drug-likeness (QED) is 0.797. The van der Waals surface area contributed by atoms with E-state index >= 15 is 0 Å². The van der Waals surface area contributed by atoms with Crippen LogP contribution in [0, 0.1) is 5.92 Å². The van der Waals surface area contributed by atoms with Gasteiger partial charge >= 0.3 is 11.9 Å². The summed E-state index contributed by atoms with van der Waals surface area (Å²) in [6, 6.07) is 5.35. The van der Waals surface area contributed by atoms with Gasteiger partial charge in [-0.25, -0.2) is 4.79 Å². The third-order valence-corrected chi connectivity index (χ3v) is 3.70. The SMILES string of the molecule is COC(=O)C1=C(C)N=C(C)C(C(=O)OC)[C@@H]1c1ccccn1. The predicted molar refractivity (Wildman–Crippen MR) is 80.3 cm³/mol. The number of ether oxygens (including phenoxy) is 2. The number of allylic oxidation sites excluding steroid dienone is 1. The Bertz CT molecular complexity index is 649. The second-order valence-electron chi connectivity index (χ2n) is 4.98. The van der Waals surface area contributed by atoms with Gasteiger partial charge in [-0.1, -0.05) is 6.07 Å². The standard InChI is InChI=1S/C16H18N2O4/c1-9-12(15(19)21-3)14(11-7-5-6-8-17-11)13(10(2)18-9)16(20)22-4/h5-8,12,14H,1-4H3/t12?,14-/m0/s1. The van der Waals surface area contributed by atoms with E-state index in [2.05, 4.69) is 9.98 Å². The van der Waals surface area contributed by atoms with E-state index in [0.29, 0.717) is 22.7 Å². The van der Waals surface area contributed by atoms with Crippen LogP contribution in [0.2, 0.25) is 0 Å². The molecule has 6 nitrogen and oxygen atoms in total. The molecule has 0 fully saturated rings. The number of methoxy groups -OCH3 is 2. The number of carbonyl (C=O) groups excluding carboxylic acids is 2. The summed E-state index contributed by atoms with van der Waals surface area (Å²) in [5.74, 6) is -2.24. The van der Waals surface area contributed by atoms with Gasteiger partial charge in [-0.15, -0.1) is 0 Å². The number of aliphatic imine (C=N–C) groups is 1. The lowest BCUT2D eigenvalue weighted by Gasteiger charge is -2.30. The molecular formula is C16H18N2O4. The van der Waals surface area contributed by atoms with Gasteiger partial charge in [0.15, 0.2) is 0 Å². The minimum atomic E-state index is -0.697. The molecule has 116 valence electrons. The van der Waals surface area contributed by atoms with Gasteiger partial charge in [-0.2, -0.15) is 0 Å². The van der Waals surface area contributed by atoms with Crippen LogP contribution < -0.4 is 0 Å². The Morgan fingerprint density at radius 1 is 1.14 bits per heavy atom. The fourth-order valence-electron chi connectivity index (χ4n) is 2.72. The summed E-state index contributed by atoms with van der Waals surface area (Å²) in [6.45, 7) is 3.47. The number of pyridine rings is 1. The highest BCUT2D eigenvalue weighted by Crippen LogP contribution is 2.38. The number of hydrogen-bond acceptors (Lipinski definition) is 6. The topological polar surface area (TPSA) is 77.8 Å². The van der Waals surface area contributed by atoms with Crippen molar-refractivity contribution in [3.8, 4) is 0 Å². The van der Waals surface area contributed by atoms with Crippen molar-refractivity contribution in [2.24, 2.45) is 10.9 Å². The summed E-state index contributed by atoms with van der Waals surface area (Å²) in [5.41, 5.74) is 2.06. The fraction of sp³-hybridized carbons (Fsp3) is 0.375. The molecule has 0 spiro atoms. The first-order valence-electron chi connectivity index (χ1n) is 6.84. The van der Waals surface area contributed by atoms with Crippen molar-refractivity contribution in [2.75, 3.05) is 14.2 Å². The van der Waals surface area contributed by atoms with Crippen molar-refractivity contribution in [3.63, 3.8) is 0 Å². The first-order chi connectivity index (χ1) is 10.5. The number of carbonyl (C=O) groups is 2. The first kappa shape index (κ1) is 15.9. The van der Waals surface area contributed by atoms with E-state index in [1.54, 1.807) is 32.2 Å². The Hall–Kier alpha value is -2.50. The third kappa shape index (κ3) is 2.77. The largest absolute Gasteiger partial charge is 0.468 e. The van der Waals surface area contributed by atoms with Crippen molar-refractivity contribution < 1.29 is 19.1 Å². The van der Waals surface area contributed by atoms with Crippen molar-refractivity contribution >= 4 is 17.7 Å². The smallest absolute Gasteiger partial charge is 0.336 e. The van der Waals surface area contributed by atoms with E-state index in [0.717, 1.165) is 0 Å². The first-order valence-corrected chi connectivity index (χ1v) is 6.84. The molecule has 0 bridgehead atoms. The molecular weight excluding hydrogens is 284 g/mol. The van der Waals surface area contributed by atoms with Crippen molar-refractivity contribution in [3.05, 3.63) is 41.4 Å². The number of aromatic nitrogens is 1. The van der Waals surface area contributed by atoms with Crippen LogP contribution in [-0.2, 0) is 19.1 Å². The maximum atomic E-state index is 12.2. The van der Waals surface area contributed by atoms with E-state index in [-0.39, 0.29) is 0 Å². The molecule has 2 atom stereocenters. The molecule has 1 aromatic heterocycles. The molecule has 1 aliphatic heterocycles. The lowest BCUT2D eigenvalue weighted by molar-refractivity contribution is -0.143. The van der Waals surface area contributed by atoms with Gasteiger partial charge in [0.1, 0.15) is 5.92 Å². The minimum Gasteiger partial charge on any atom is -0.468 e. The highest BCUT2D eigenvalue weighted by Gasteiger charge is 2.42. The highest BCUT2D eigenvalue weighted by atomic mass is 16.5. The Kier molecular flexibility index (Phi) is 4.70. The molecule has 1 unspecified atom stereocenters. The number of rotatable bonds is 3. The molecule has 2 rings (SSSR count). The summed E-state index contributed by atoms with van der Waals surface area (Å²) in [5, 5.41) is 0. The molecule has 0 N–H and O–H groups in total. The van der Waals surface area contributed by atoms with Crippen LogP contribution in [0.5, 0.6) is 0 Å². The summed E-state index contributed by atoms with van der Waals surface area (Å²) in [6.07, 6.45) is 1.62. The van der Waals surface area contributed by atoms with Gasteiger partial charge in [0.25, 0.3) is 0 Å². The van der Waals surface area contributed by atoms with Crippen molar-refractivity contribution in [1.82, 2.24) is 4.98 Å². The number of nitrogens with zero attached hydrogens (tertiary/aromatic N) is 2. The molecule has 1 aliphatic rings. The van der Waals surface area contributed by atoms with Gasteiger partial charge in [0.2, 0.25) is 0 Å². The molecule has 2 heterocycles. The maximum absolute atomic E-state index is 12.2. The Labute approximate surface area is 128 Å². The Balaban J connectivity index is 2.64. The van der Waals surface area contributed by atoms with Crippen LogP contribution in [0.15, 0.2) is 40.7 Å². The molecule has 0 radical (unpaired) electrons. The molecule has 0 aliphatic carbocycles. The average molecular weight is 302 g/mol. The van der Waals surface area contributed by atoms with E-state index in [1.165, 1.54) is 14.2 Å². The van der Waals surface area contributed by atoms with Gasteiger partial charge in [-0.3, -0.25) is 14.8 Å².